The van der Waals surface area contributed by atoms with Gasteiger partial charge in [-0.3, -0.25) is 4.79 Å². The molecule has 0 unspecified atom stereocenters. The van der Waals surface area contributed by atoms with Crippen molar-refractivity contribution in [1.82, 2.24) is 9.21 Å². The van der Waals surface area contributed by atoms with Gasteiger partial charge < -0.3 is 9.80 Å². The molecule has 156 valence electrons. The number of rotatable bonds is 6. The first kappa shape index (κ1) is 21.9. The van der Waals surface area contributed by atoms with Crippen molar-refractivity contribution >= 4 is 44.8 Å². The van der Waals surface area contributed by atoms with Crippen LogP contribution in [0.3, 0.4) is 0 Å². The zero-order chi connectivity index (χ0) is 21.0. The molecule has 0 aliphatic carbocycles. The third kappa shape index (κ3) is 6.09. The first-order chi connectivity index (χ1) is 13.7. The largest absolute Gasteiger partial charge is 0.368 e. The summed E-state index contributed by atoms with van der Waals surface area (Å²) < 4.78 is 25.6. The van der Waals surface area contributed by atoms with Gasteiger partial charge in [-0.15, -0.1) is 0 Å². The Morgan fingerprint density at radius 3 is 2.24 bits per heavy atom. The Morgan fingerprint density at radius 1 is 1.00 bits per heavy atom. The lowest BCUT2D eigenvalue weighted by molar-refractivity contribution is -0.131. The summed E-state index contributed by atoms with van der Waals surface area (Å²) >= 11 is 11.9. The SMILES string of the molecule is CS(=O)(=O)N(CC(=O)N1CCN(c2cccc(Cl)c2)CC1)Cc1ccc(Cl)cc1. The fraction of sp³-hybridized carbons (Fsp3) is 0.350. The summed E-state index contributed by atoms with van der Waals surface area (Å²) in [5.74, 6) is -0.199. The fourth-order valence-corrected chi connectivity index (χ4v) is 4.26. The lowest BCUT2D eigenvalue weighted by Crippen LogP contribution is -2.51. The zero-order valence-corrected chi connectivity index (χ0v) is 18.4. The summed E-state index contributed by atoms with van der Waals surface area (Å²) in [4.78, 5) is 16.6. The lowest BCUT2D eigenvalue weighted by atomic mass is 10.2. The summed E-state index contributed by atoms with van der Waals surface area (Å²) in [5.41, 5.74) is 1.79. The summed E-state index contributed by atoms with van der Waals surface area (Å²) in [6.45, 7) is 2.35. The normalized spacial score (nSPS) is 15.0. The van der Waals surface area contributed by atoms with Crippen LogP contribution in [0.1, 0.15) is 5.56 Å². The van der Waals surface area contributed by atoms with E-state index in [0.717, 1.165) is 17.5 Å². The minimum Gasteiger partial charge on any atom is -0.368 e. The molecular formula is C20H23Cl2N3O3S. The fourth-order valence-electron chi connectivity index (χ4n) is 3.22. The molecule has 0 atom stereocenters. The van der Waals surface area contributed by atoms with Crippen molar-refractivity contribution in [3.05, 3.63) is 64.1 Å². The van der Waals surface area contributed by atoms with Crippen LogP contribution in [0.2, 0.25) is 10.0 Å². The number of sulfonamides is 1. The quantitative estimate of drug-likeness (QED) is 0.671. The topological polar surface area (TPSA) is 60.9 Å². The summed E-state index contributed by atoms with van der Waals surface area (Å²) in [6, 6.07) is 14.5. The van der Waals surface area contributed by atoms with Crippen molar-refractivity contribution in [2.75, 3.05) is 43.9 Å². The van der Waals surface area contributed by atoms with E-state index in [9.17, 15) is 13.2 Å². The molecule has 2 aromatic rings. The molecule has 0 aromatic heterocycles. The van der Waals surface area contributed by atoms with E-state index in [1.807, 2.05) is 24.3 Å². The van der Waals surface area contributed by atoms with Crippen LogP contribution in [0.5, 0.6) is 0 Å². The van der Waals surface area contributed by atoms with Crippen LogP contribution >= 0.6 is 23.2 Å². The molecule has 29 heavy (non-hydrogen) atoms. The summed E-state index contributed by atoms with van der Waals surface area (Å²) in [7, 11) is -3.54. The van der Waals surface area contributed by atoms with Crippen LogP contribution in [-0.4, -0.2) is 62.5 Å². The van der Waals surface area contributed by atoms with Crippen molar-refractivity contribution in [3.8, 4) is 0 Å². The van der Waals surface area contributed by atoms with Gasteiger partial charge in [-0.05, 0) is 35.9 Å². The number of hydrogen-bond acceptors (Lipinski definition) is 4. The van der Waals surface area contributed by atoms with Gasteiger partial charge in [-0.1, -0.05) is 41.4 Å². The van der Waals surface area contributed by atoms with Gasteiger partial charge in [0.1, 0.15) is 0 Å². The number of hydrogen-bond donors (Lipinski definition) is 0. The first-order valence-corrected chi connectivity index (χ1v) is 11.8. The van der Waals surface area contributed by atoms with Gasteiger partial charge in [-0.2, -0.15) is 4.31 Å². The smallest absolute Gasteiger partial charge is 0.238 e. The monoisotopic (exact) mass is 455 g/mol. The van der Waals surface area contributed by atoms with Gasteiger partial charge in [0, 0.05) is 48.5 Å². The van der Waals surface area contributed by atoms with E-state index in [-0.39, 0.29) is 19.0 Å². The molecule has 0 N–H and O–H groups in total. The highest BCUT2D eigenvalue weighted by molar-refractivity contribution is 7.88. The molecule has 1 aliphatic rings. The van der Waals surface area contributed by atoms with Crippen LogP contribution in [0.25, 0.3) is 0 Å². The molecule has 9 heteroatoms. The molecule has 6 nitrogen and oxygen atoms in total. The van der Waals surface area contributed by atoms with E-state index >= 15 is 0 Å². The number of anilines is 1. The minimum atomic E-state index is -3.54. The average Bonchev–Trinajstić information content (AvgIpc) is 2.68. The van der Waals surface area contributed by atoms with Crippen LogP contribution in [0.15, 0.2) is 48.5 Å². The van der Waals surface area contributed by atoms with Gasteiger partial charge in [0.15, 0.2) is 0 Å². The van der Waals surface area contributed by atoms with Crippen molar-refractivity contribution < 1.29 is 13.2 Å². The number of piperazine rings is 1. The van der Waals surface area contributed by atoms with Crippen LogP contribution in [0.4, 0.5) is 5.69 Å². The van der Waals surface area contributed by atoms with Crippen LogP contribution in [0, 0.1) is 0 Å². The van der Waals surface area contributed by atoms with E-state index in [1.54, 1.807) is 29.2 Å². The van der Waals surface area contributed by atoms with Crippen LogP contribution in [-0.2, 0) is 21.4 Å². The van der Waals surface area contributed by atoms with Gasteiger partial charge in [0.2, 0.25) is 15.9 Å². The summed E-state index contributed by atoms with van der Waals surface area (Å²) in [6.07, 6.45) is 1.12. The highest BCUT2D eigenvalue weighted by Crippen LogP contribution is 2.21. The molecule has 0 spiro atoms. The maximum atomic E-state index is 12.8. The molecule has 0 bridgehead atoms. The maximum absolute atomic E-state index is 12.8. The average molecular weight is 456 g/mol. The highest BCUT2D eigenvalue weighted by Gasteiger charge is 2.26. The third-order valence-electron chi connectivity index (χ3n) is 4.86. The van der Waals surface area contributed by atoms with Gasteiger partial charge in [-0.25, -0.2) is 8.42 Å². The molecule has 2 aromatic carbocycles. The Hall–Kier alpha value is -1.80. The molecule has 1 fully saturated rings. The van der Waals surface area contributed by atoms with Crippen molar-refractivity contribution in [2.24, 2.45) is 0 Å². The zero-order valence-electron chi connectivity index (χ0n) is 16.1. The van der Waals surface area contributed by atoms with E-state index < -0.39 is 10.0 Å². The van der Waals surface area contributed by atoms with Gasteiger partial charge >= 0.3 is 0 Å². The second-order valence-corrected chi connectivity index (χ2v) is 9.86. The summed E-state index contributed by atoms with van der Waals surface area (Å²) in [5, 5.41) is 1.25. The predicted octanol–water partition coefficient (Wildman–Crippen LogP) is 3.10. The standard InChI is InChI=1S/C20H23Cl2N3O3S/c1-29(27,28)25(14-16-5-7-17(21)8-6-16)15-20(26)24-11-9-23(10-12-24)19-4-2-3-18(22)13-19/h2-8,13H,9-12,14-15H2,1H3. The van der Waals surface area contributed by atoms with E-state index in [1.165, 1.54) is 4.31 Å². The molecule has 3 rings (SSSR count). The van der Waals surface area contributed by atoms with E-state index in [0.29, 0.717) is 36.2 Å². The van der Waals surface area contributed by atoms with Crippen molar-refractivity contribution in [3.63, 3.8) is 0 Å². The minimum absolute atomic E-state index is 0.129. The Balaban J connectivity index is 1.61. The molecule has 0 radical (unpaired) electrons. The Morgan fingerprint density at radius 2 is 1.66 bits per heavy atom. The number of carbonyl (C=O) groups excluding carboxylic acids is 1. The number of amides is 1. The van der Waals surface area contributed by atoms with Crippen LogP contribution < -0.4 is 4.90 Å². The molecule has 1 amide bonds. The number of halogens is 2. The second kappa shape index (κ2) is 9.34. The second-order valence-electron chi connectivity index (χ2n) is 7.01. The van der Waals surface area contributed by atoms with E-state index in [2.05, 4.69) is 4.90 Å². The molecule has 1 saturated heterocycles. The Labute approximate surface area is 181 Å². The van der Waals surface area contributed by atoms with Crippen molar-refractivity contribution in [2.45, 2.75) is 6.54 Å². The van der Waals surface area contributed by atoms with E-state index in [4.69, 9.17) is 23.2 Å². The lowest BCUT2D eigenvalue weighted by Gasteiger charge is -2.37. The Kier molecular flexibility index (Phi) is 7.05. The first-order valence-electron chi connectivity index (χ1n) is 9.20. The molecular weight excluding hydrogens is 433 g/mol. The molecule has 1 aliphatic heterocycles. The maximum Gasteiger partial charge on any atom is 0.238 e. The third-order valence-corrected chi connectivity index (χ3v) is 6.54. The molecule has 0 saturated carbocycles. The predicted molar refractivity (Wildman–Crippen MR) is 117 cm³/mol. The number of carbonyl (C=O) groups is 1. The number of benzene rings is 2. The Bertz CT molecular complexity index is 959. The van der Waals surface area contributed by atoms with Gasteiger partial charge in [0.05, 0.1) is 12.8 Å². The number of nitrogens with zero attached hydrogens (tertiary/aromatic N) is 3. The molecule has 1 heterocycles. The highest BCUT2D eigenvalue weighted by atomic mass is 35.5. The van der Waals surface area contributed by atoms with Gasteiger partial charge in [0.25, 0.3) is 0 Å². The van der Waals surface area contributed by atoms with Crippen molar-refractivity contribution in [1.29, 1.82) is 0 Å².